The van der Waals surface area contributed by atoms with E-state index in [4.69, 9.17) is 4.42 Å². The second-order valence-corrected chi connectivity index (χ2v) is 4.23. The zero-order chi connectivity index (χ0) is 12.8. The fourth-order valence-corrected chi connectivity index (χ4v) is 1.99. The molecule has 0 bridgehead atoms. The molecule has 0 fully saturated rings. The Balaban J connectivity index is 2.28. The van der Waals surface area contributed by atoms with E-state index < -0.39 is 6.10 Å². The minimum Gasteiger partial charge on any atom is -0.467 e. The molecule has 2 atom stereocenters. The molecule has 2 aromatic rings. The fraction of sp³-hybridized carbons (Fsp3) is 0.250. The molecule has 0 radical (unpaired) electrons. The Bertz CT molecular complexity index is 471. The predicted octanol–water partition coefficient (Wildman–Crippen LogP) is 4.06. The number of furan rings is 1. The third-order valence-corrected chi connectivity index (χ3v) is 2.94. The molecular weight excluding hydrogens is 224 g/mol. The van der Waals surface area contributed by atoms with Crippen molar-refractivity contribution in [3.63, 3.8) is 0 Å². The van der Waals surface area contributed by atoms with Crippen LogP contribution in [0.5, 0.6) is 0 Å². The molecule has 0 saturated heterocycles. The monoisotopic (exact) mass is 242 g/mol. The molecule has 2 nitrogen and oxygen atoms in total. The van der Waals surface area contributed by atoms with Crippen molar-refractivity contribution in [3.05, 3.63) is 72.2 Å². The zero-order valence-electron chi connectivity index (χ0n) is 10.5. The topological polar surface area (TPSA) is 33.4 Å². The molecule has 2 rings (SSSR count). The van der Waals surface area contributed by atoms with Crippen molar-refractivity contribution in [2.75, 3.05) is 0 Å². The summed E-state index contributed by atoms with van der Waals surface area (Å²) in [6, 6.07) is 13.6. The van der Waals surface area contributed by atoms with Crippen LogP contribution in [0.2, 0.25) is 0 Å². The second kappa shape index (κ2) is 6.22. The molecule has 0 unspecified atom stereocenters. The van der Waals surface area contributed by atoms with Crippen LogP contribution in [-0.4, -0.2) is 5.11 Å². The van der Waals surface area contributed by atoms with Crippen LogP contribution >= 0.6 is 0 Å². The van der Waals surface area contributed by atoms with Gasteiger partial charge < -0.3 is 9.52 Å². The van der Waals surface area contributed by atoms with E-state index in [9.17, 15) is 5.11 Å². The lowest BCUT2D eigenvalue weighted by atomic mass is 9.91. The van der Waals surface area contributed by atoms with Gasteiger partial charge in [0, 0.05) is 5.92 Å². The largest absolute Gasteiger partial charge is 0.467 e. The maximum Gasteiger partial charge on any atom is 0.133 e. The van der Waals surface area contributed by atoms with Gasteiger partial charge in [-0.2, -0.15) is 0 Å². The first-order valence-corrected chi connectivity index (χ1v) is 6.26. The lowest BCUT2D eigenvalue weighted by molar-refractivity contribution is 0.135. The first-order valence-electron chi connectivity index (χ1n) is 6.26. The SMILES string of the molecule is CCC=C[C@H](c1ccccc1)[C@H](O)c1ccco1. The summed E-state index contributed by atoms with van der Waals surface area (Å²) in [5.74, 6) is 0.530. The summed E-state index contributed by atoms with van der Waals surface area (Å²) in [5.41, 5.74) is 1.09. The van der Waals surface area contributed by atoms with Gasteiger partial charge in [0.15, 0.2) is 0 Å². The Kier molecular flexibility index (Phi) is 4.37. The molecule has 1 heterocycles. The van der Waals surface area contributed by atoms with E-state index >= 15 is 0 Å². The number of benzene rings is 1. The number of aliphatic hydroxyl groups excluding tert-OH is 1. The van der Waals surface area contributed by atoms with Gasteiger partial charge in [-0.05, 0) is 24.1 Å². The van der Waals surface area contributed by atoms with Gasteiger partial charge in [-0.3, -0.25) is 0 Å². The standard InChI is InChI=1S/C16H18O2/c1-2-3-10-14(13-8-5-4-6-9-13)16(17)15-11-7-12-18-15/h3-12,14,16-17H,2H2,1H3/t14-,16+/m1/s1. The highest BCUT2D eigenvalue weighted by molar-refractivity contribution is 5.27. The molecule has 2 heteroatoms. The Hall–Kier alpha value is -1.80. The van der Waals surface area contributed by atoms with E-state index in [-0.39, 0.29) is 5.92 Å². The average molecular weight is 242 g/mol. The van der Waals surface area contributed by atoms with E-state index in [0.29, 0.717) is 5.76 Å². The summed E-state index contributed by atoms with van der Waals surface area (Å²) in [6.07, 6.45) is 6.01. The lowest BCUT2D eigenvalue weighted by Crippen LogP contribution is -2.08. The van der Waals surface area contributed by atoms with Gasteiger partial charge in [0.25, 0.3) is 0 Å². The molecular formula is C16H18O2. The van der Waals surface area contributed by atoms with Crippen molar-refractivity contribution >= 4 is 0 Å². The highest BCUT2D eigenvalue weighted by Crippen LogP contribution is 2.32. The minimum absolute atomic E-state index is 0.0719. The molecule has 94 valence electrons. The van der Waals surface area contributed by atoms with Crippen molar-refractivity contribution in [3.8, 4) is 0 Å². The molecule has 0 aliphatic carbocycles. The average Bonchev–Trinajstić information content (AvgIpc) is 2.94. The summed E-state index contributed by atoms with van der Waals surface area (Å²) in [6.45, 7) is 2.08. The van der Waals surface area contributed by atoms with Crippen molar-refractivity contribution < 1.29 is 9.52 Å². The van der Waals surface area contributed by atoms with Crippen molar-refractivity contribution in [1.82, 2.24) is 0 Å². The van der Waals surface area contributed by atoms with Gasteiger partial charge in [0.2, 0.25) is 0 Å². The summed E-state index contributed by atoms with van der Waals surface area (Å²) in [4.78, 5) is 0. The van der Waals surface area contributed by atoms with Crippen LogP contribution < -0.4 is 0 Å². The number of hydrogen-bond donors (Lipinski definition) is 1. The van der Waals surface area contributed by atoms with Crippen LogP contribution in [0.15, 0.2) is 65.3 Å². The van der Waals surface area contributed by atoms with Crippen molar-refractivity contribution in [2.45, 2.75) is 25.4 Å². The van der Waals surface area contributed by atoms with Crippen LogP contribution in [-0.2, 0) is 0 Å². The van der Waals surface area contributed by atoms with Crippen LogP contribution in [0, 0.1) is 0 Å². The molecule has 0 saturated carbocycles. The third kappa shape index (κ3) is 2.90. The molecule has 1 aromatic heterocycles. The quantitative estimate of drug-likeness (QED) is 0.802. The number of aliphatic hydroxyl groups is 1. The van der Waals surface area contributed by atoms with Crippen LogP contribution in [0.1, 0.15) is 36.7 Å². The van der Waals surface area contributed by atoms with Gasteiger partial charge in [0.05, 0.1) is 6.26 Å². The summed E-state index contributed by atoms with van der Waals surface area (Å²) in [7, 11) is 0. The summed E-state index contributed by atoms with van der Waals surface area (Å²) >= 11 is 0. The zero-order valence-corrected chi connectivity index (χ0v) is 10.5. The molecule has 1 aromatic carbocycles. The Labute approximate surface area is 108 Å². The van der Waals surface area contributed by atoms with Gasteiger partial charge >= 0.3 is 0 Å². The maximum absolute atomic E-state index is 10.4. The van der Waals surface area contributed by atoms with E-state index in [2.05, 4.69) is 13.0 Å². The number of rotatable bonds is 5. The van der Waals surface area contributed by atoms with E-state index in [0.717, 1.165) is 12.0 Å². The highest BCUT2D eigenvalue weighted by Gasteiger charge is 2.22. The van der Waals surface area contributed by atoms with Gasteiger partial charge in [-0.25, -0.2) is 0 Å². The normalized spacial score (nSPS) is 14.8. The van der Waals surface area contributed by atoms with Crippen molar-refractivity contribution in [2.24, 2.45) is 0 Å². The lowest BCUT2D eigenvalue weighted by Gasteiger charge is -2.18. The second-order valence-electron chi connectivity index (χ2n) is 4.23. The Morgan fingerprint density at radius 2 is 1.94 bits per heavy atom. The van der Waals surface area contributed by atoms with E-state index in [1.165, 1.54) is 0 Å². The molecule has 0 aliphatic rings. The van der Waals surface area contributed by atoms with E-state index in [1.807, 2.05) is 36.4 Å². The van der Waals surface area contributed by atoms with Crippen LogP contribution in [0.25, 0.3) is 0 Å². The van der Waals surface area contributed by atoms with Gasteiger partial charge in [-0.15, -0.1) is 0 Å². The first kappa shape index (κ1) is 12.7. The minimum atomic E-state index is -0.648. The highest BCUT2D eigenvalue weighted by atomic mass is 16.4. The molecule has 0 amide bonds. The van der Waals surface area contributed by atoms with Gasteiger partial charge in [-0.1, -0.05) is 49.4 Å². The van der Waals surface area contributed by atoms with Crippen molar-refractivity contribution in [1.29, 1.82) is 0 Å². The number of allylic oxidation sites excluding steroid dienone is 1. The van der Waals surface area contributed by atoms with E-state index in [1.54, 1.807) is 18.4 Å². The molecule has 0 aliphatic heterocycles. The summed E-state index contributed by atoms with van der Waals surface area (Å²) < 4.78 is 5.29. The first-order chi connectivity index (χ1) is 8.83. The predicted molar refractivity (Wildman–Crippen MR) is 72.3 cm³/mol. The van der Waals surface area contributed by atoms with Crippen LogP contribution in [0.3, 0.4) is 0 Å². The molecule has 18 heavy (non-hydrogen) atoms. The Morgan fingerprint density at radius 3 is 2.56 bits per heavy atom. The summed E-state index contributed by atoms with van der Waals surface area (Å²) in [5, 5.41) is 10.4. The maximum atomic E-state index is 10.4. The molecule has 1 N–H and O–H groups in total. The third-order valence-electron chi connectivity index (χ3n) is 2.94. The Morgan fingerprint density at radius 1 is 1.17 bits per heavy atom. The smallest absolute Gasteiger partial charge is 0.133 e. The molecule has 0 spiro atoms. The van der Waals surface area contributed by atoms with Gasteiger partial charge in [0.1, 0.15) is 11.9 Å². The number of hydrogen-bond acceptors (Lipinski definition) is 2. The van der Waals surface area contributed by atoms with Crippen LogP contribution in [0.4, 0.5) is 0 Å². The fourth-order valence-electron chi connectivity index (χ4n) is 1.99.